The van der Waals surface area contributed by atoms with E-state index in [2.05, 4.69) is 97.1 Å². The number of nitrogens with zero attached hydrogens (tertiary/aromatic N) is 1. The van der Waals surface area contributed by atoms with Crippen molar-refractivity contribution in [2.24, 2.45) is 0 Å². The van der Waals surface area contributed by atoms with Crippen molar-refractivity contribution in [2.75, 3.05) is 0 Å². The van der Waals surface area contributed by atoms with E-state index in [0.717, 1.165) is 31.4 Å². The lowest BCUT2D eigenvalue weighted by molar-refractivity contribution is 0.923. The summed E-state index contributed by atoms with van der Waals surface area (Å²) in [5, 5.41) is 2.43. The van der Waals surface area contributed by atoms with Gasteiger partial charge in [0.15, 0.2) is 0 Å². The Morgan fingerprint density at radius 1 is 0.531 bits per heavy atom. The van der Waals surface area contributed by atoms with E-state index in [1.54, 1.807) is 0 Å². The van der Waals surface area contributed by atoms with Gasteiger partial charge in [-0.3, -0.25) is 4.98 Å². The fraction of sp³-hybridized carbons (Fsp3) is 0.129. The maximum atomic E-state index is 4.75. The van der Waals surface area contributed by atoms with Crippen molar-refractivity contribution in [1.29, 1.82) is 0 Å². The van der Waals surface area contributed by atoms with Gasteiger partial charge in [0.1, 0.15) is 0 Å². The van der Waals surface area contributed by atoms with Crippen molar-refractivity contribution in [2.45, 2.75) is 25.7 Å². The number of hydrogen-bond acceptors (Lipinski definition) is 1. The lowest BCUT2D eigenvalue weighted by Gasteiger charge is -2.15. The molecule has 1 heteroatoms. The quantitative estimate of drug-likeness (QED) is 0.294. The van der Waals surface area contributed by atoms with E-state index in [-0.39, 0.29) is 0 Å². The molecule has 4 aliphatic rings. The third kappa shape index (κ3) is 3.61. The molecule has 4 bridgehead atoms. The molecule has 0 aliphatic heterocycles. The minimum atomic E-state index is 1.05. The van der Waals surface area contributed by atoms with Crippen molar-refractivity contribution in [3.05, 3.63) is 126 Å². The van der Waals surface area contributed by atoms with Crippen molar-refractivity contribution in [3.63, 3.8) is 0 Å². The zero-order valence-electron chi connectivity index (χ0n) is 18.1. The van der Waals surface area contributed by atoms with Gasteiger partial charge in [-0.1, -0.05) is 84.9 Å². The van der Waals surface area contributed by atoms with Gasteiger partial charge >= 0.3 is 0 Å². The van der Waals surface area contributed by atoms with Crippen LogP contribution in [0.1, 0.15) is 22.3 Å². The molecule has 0 unspecified atom stereocenters. The third-order valence-electron chi connectivity index (χ3n) is 6.70. The Morgan fingerprint density at radius 2 is 1.25 bits per heavy atom. The van der Waals surface area contributed by atoms with E-state index < -0.39 is 0 Å². The first-order valence-electron chi connectivity index (χ1n) is 11.5. The van der Waals surface area contributed by atoms with Crippen molar-refractivity contribution in [1.82, 2.24) is 4.98 Å². The van der Waals surface area contributed by atoms with Crippen molar-refractivity contribution >= 4 is 10.8 Å². The summed E-state index contributed by atoms with van der Waals surface area (Å²) < 4.78 is 0. The van der Waals surface area contributed by atoms with E-state index in [4.69, 9.17) is 4.98 Å². The number of fused-ring (bicyclic) bond motifs is 1. The first-order chi connectivity index (χ1) is 15.8. The van der Waals surface area contributed by atoms with Crippen LogP contribution in [0.3, 0.4) is 0 Å². The summed E-state index contributed by atoms with van der Waals surface area (Å²) in [7, 11) is 0. The molecule has 4 aromatic carbocycles. The molecule has 0 amide bonds. The number of rotatable bonds is 2. The van der Waals surface area contributed by atoms with Crippen LogP contribution < -0.4 is 0 Å². The molecule has 0 saturated carbocycles. The zero-order chi connectivity index (χ0) is 21.3. The fourth-order valence-electron chi connectivity index (χ4n) is 4.89. The molecule has 0 N–H and O–H groups in total. The Balaban J connectivity index is 1.45. The van der Waals surface area contributed by atoms with Crippen LogP contribution in [-0.2, 0) is 25.7 Å². The van der Waals surface area contributed by atoms with Gasteiger partial charge in [-0.15, -0.1) is 0 Å². The molecule has 0 atom stereocenters. The van der Waals surface area contributed by atoms with E-state index in [9.17, 15) is 0 Å². The smallest absolute Gasteiger partial charge is 0.0780 e. The highest BCUT2D eigenvalue weighted by Gasteiger charge is 2.12. The molecule has 9 rings (SSSR count). The lowest BCUT2D eigenvalue weighted by Crippen LogP contribution is -2.00. The topological polar surface area (TPSA) is 12.9 Å². The van der Waals surface area contributed by atoms with Crippen molar-refractivity contribution in [3.8, 4) is 22.4 Å². The highest BCUT2D eigenvalue weighted by molar-refractivity contribution is 5.95. The molecule has 0 radical (unpaired) electrons. The molecule has 1 aromatic heterocycles. The van der Waals surface area contributed by atoms with Crippen LogP contribution in [0.5, 0.6) is 0 Å². The molecule has 5 aromatic rings. The predicted molar refractivity (Wildman–Crippen MR) is 134 cm³/mol. The molecule has 0 spiro atoms. The highest BCUT2D eigenvalue weighted by Crippen LogP contribution is 2.33. The average molecular weight is 412 g/mol. The lowest BCUT2D eigenvalue weighted by atomic mass is 9.89. The summed E-state index contributed by atoms with van der Waals surface area (Å²) in [6, 6.07) is 35.8. The van der Waals surface area contributed by atoms with Gasteiger partial charge in [0.05, 0.1) is 5.69 Å². The van der Waals surface area contributed by atoms with Crippen molar-refractivity contribution < 1.29 is 0 Å². The Morgan fingerprint density at radius 3 is 2.12 bits per heavy atom. The second-order valence-electron chi connectivity index (χ2n) is 8.77. The largest absolute Gasteiger partial charge is 0.256 e. The fourth-order valence-corrected chi connectivity index (χ4v) is 4.89. The Bertz CT molecular complexity index is 1410. The van der Waals surface area contributed by atoms with Crippen LogP contribution in [0.25, 0.3) is 33.2 Å². The number of benzene rings is 4. The Hall–Kier alpha value is -3.71. The zero-order valence-corrected chi connectivity index (χ0v) is 18.1. The molecule has 1 nitrogen and oxygen atoms in total. The van der Waals surface area contributed by atoms with Gasteiger partial charge in [-0.05, 0) is 76.6 Å². The van der Waals surface area contributed by atoms with Gasteiger partial charge in [-0.2, -0.15) is 0 Å². The first-order valence-corrected chi connectivity index (χ1v) is 11.5. The van der Waals surface area contributed by atoms with E-state index in [1.807, 2.05) is 6.20 Å². The Labute approximate surface area is 189 Å². The molecule has 0 saturated heterocycles. The molecule has 32 heavy (non-hydrogen) atoms. The minimum Gasteiger partial charge on any atom is -0.256 e. The summed E-state index contributed by atoms with van der Waals surface area (Å²) in [6.45, 7) is 0. The monoisotopic (exact) mass is 411 g/mol. The standard InChI is InChI=1S/C31H25N/c1-2-7-29-25(4-1)18-19-32-31(29)28-6-3-5-27(21-28)30-20-24-13-12-22-8-10-23(11-9-22)14-16-26(30)17-15-24/h1-11,15,17-21H,12-14,16H2. The van der Waals surface area contributed by atoms with Gasteiger partial charge in [0.2, 0.25) is 0 Å². The van der Waals surface area contributed by atoms with Crippen LogP contribution >= 0.6 is 0 Å². The van der Waals surface area contributed by atoms with Gasteiger partial charge in [0.25, 0.3) is 0 Å². The SMILES string of the molecule is c1cc(-c2cc3ccc2CCc2ccc(cc2)CC3)cc(-c2nccc3ccccc23)c1. The second-order valence-corrected chi connectivity index (χ2v) is 8.77. The molecular weight excluding hydrogens is 386 g/mol. The van der Waals surface area contributed by atoms with Gasteiger partial charge in [-0.25, -0.2) is 0 Å². The normalized spacial score (nSPS) is 13.1. The molecule has 4 aliphatic carbocycles. The maximum Gasteiger partial charge on any atom is 0.0780 e. The van der Waals surface area contributed by atoms with E-state index in [0.29, 0.717) is 0 Å². The minimum absolute atomic E-state index is 1.05. The van der Waals surface area contributed by atoms with E-state index in [1.165, 1.54) is 49.7 Å². The molecular formula is C31H25N. The van der Waals surface area contributed by atoms with Gasteiger partial charge < -0.3 is 0 Å². The third-order valence-corrected chi connectivity index (χ3v) is 6.70. The number of pyridine rings is 1. The average Bonchev–Trinajstić information content (AvgIpc) is 2.85. The van der Waals surface area contributed by atoms with Crippen LogP contribution in [0.2, 0.25) is 0 Å². The Kier molecular flexibility index (Phi) is 4.81. The summed E-state index contributed by atoms with van der Waals surface area (Å²) >= 11 is 0. The molecule has 1 heterocycles. The number of aryl methyl sites for hydroxylation is 4. The van der Waals surface area contributed by atoms with Crippen LogP contribution in [0.15, 0.2) is 103 Å². The number of aromatic nitrogens is 1. The molecule has 0 fully saturated rings. The summed E-state index contributed by atoms with van der Waals surface area (Å²) in [5.74, 6) is 0. The number of hydrogen-bond donors (Lipinski definition) is 0. The summed E-state index contributed by atoms with van der Waals surface area (Å²) in [5.41, 5.74) is 10.5. The summed E-state index contributed by atoms with van der Waals surface area (Å²) in [6.07, 6.45) is 6.18. The van der Waals surface area contributed by atoms with E-state index >= 15 is 0 Å². The second kappa shape index (κ2) is 8.09. The molecule has 154 valence electrons. The van der Waals surface area contributed by atoms with Crippen LogP contribution in [0.4, 0.5) is 0 Å². The first kappa shape index (κ1) is 19.0. The maximum absolute atomic E-state index is 4.75. The highest BCUT2D eigenvalue weighted by atomic mass is 14.7. The van der Waals surface area contributed by atoms with Crippen LogP contribution in [0, 0.1) is 0 Å². The summed E-state index contributed by atoms with van der Waals surface area (Å²) in [4.78, 5) is 4.75. The van der Waals surface area contributed by atoms with Gasteiger partial charge in [0, 0.05) is 17.1 Å². The van der Waals surface area contributed by atoms with Crippen LogP contribution in [-0.4, -0.2) is 4.98 Å². The predicted octanol–water partition coefficient (Wildman–Crippen LogP) is 7.45.